The summed E-state index contributed by atoms with van der Waals surface area (Å²) < 4.78 is 14.7. The summed E-state index contributed by atoms with van der Waals surface area (Å²) in [6, 6.07) is 10.1. The Morgan fingerprint density at radius 1 is 1.12 bits per heavy atom. The lowest BCUT2D eigenvalue weighted by molar-refractivity contribution is 0.0427. The Bertz CT molecular complexity index is 326. The molecule has 2 rings (SSSR count). The molecule has 1 aromatic carbocycles. The van der Waals surface area contributed by atoms with E-state index in [2.05, 4.69) is 18.7 Å². The fourth-order valence-corrected chi connectivity index (χ4v) is 2.42. The van der Waals surface area contributed by atoms with Crippen LogP contribution in [0, 0.1) is 0 Å². The number of likely N-dealkylation sites (tertiary alicyclic amines) is 1. The lowest BCUT2D eigenvalue weighted by Crippen LogP contribution is -2.43. The van der Waals surface area contributed by atoms with E-state index in [1.54, 1.807) is 0 Å². The van der Waals surface area contributed by atoms with Crippen LogP contribution in [-0.4, -0.2) is 24.0 Å². The van der Waals surface area contributed by atoms with Gasteiger partial charge in [-0.25, -0.2) is 4.39 Å². The summed E-state index contributed by atoms with van der Waals surface area (Å²) in [6.07, 6.45) is 1.24. The third-order valence-corrected chi connectivity index (χ3v) is 3.61. The van der Waals surface area contributed by atoms with Crippen molar-refractivity contribution < 1.29 is 4.39 Å². The number of alkyl halides is 1. The van der Waals surface area contributed by atoms with Crippen molar-refractivity contribution in [3.05, 3.63) is 35.9 Å². The molecule has 0 N–H and O–H groups in total. The fraction of sp³-hybridized carbons (Fsp3) is 0.571. The maximum absolute atomic E-state index is 14.7. The SMILES string of the molecule is CC(C)N1CCC(F)(c2ccccc2)CC1. The Kier molecular flexibility index (Phi) is 3.29. The van der Waals surface area contributed by atoms with Gasteiger partial charge in [-0.3, -0.25) is 0 Å². The minimum atomic E-state index is -1.10. The average Bonchev–Trinajstić information content (AvgIpc) is 2.31. The molecular weight excluding hydrogens is 201 g/mol. The van der Waals surface area contributed by atoms with E-state index in [9.17, 15) is 4.39 Å². The van der Waals surface area contributed by atoms with Crippen molar-refractivity contribution in [3.8, 4) is 0 Å². The maximum Gasteiger partial charge on any atom is 0.138 e. The molecule has 0 spiro atoms. The summed E-state index contributed by atoms with van der Waals surface area (Å²) in [6.45, 7) is 6.08. The van der Waals surface area contributed by atoms with Gasteiger partial charge in [-0.15, -0.1) is 0 Å². The molecule has 88 valence electrons. The zero-order valence-electron chi connectivity index (χ0n) is 10.1. The smallest absolute Gasteiger partial charge is 0.138 e. The molecule has 1 aliphatic rings. The summed E-state index contributed by atoms with van der Waals surface area (Å²) in [5, 5.41) is 0. The number of rotatable bonds is 2. The molecule has 0 aromatic heterocycles. The molecule has 0 radical (unpaired) electrons. The number of hydrogen-bond donors (Lipinski definition) is 0. The van der Waals surface area contributed by atoms with Crippen molar-refractivity contribution in [1.82, 2.24) is 4.90 Å². The number of piperidine rings is 1. The van der Waals surface area contributed by atoms with Crippen molar-refractivity contribution in [2.24, 2.45) is 0 Å². The molecule has 16 heavy (non-hydrogen) atoms. The van der Waals surface area contributed by atoms with Gasteiger partial charge in [-0.2, -0.15) is 0 Å². The molecule has 0 bridgehead atoms. The van der Waals surface area contributed by atoms with Crippen LogP contribution >= 0.6 is 0 Å². The topological polar surface area (TPSA) is 3.24 Å². The van der Waals surface area contributed by atoms with E-state index in [1.807, 2.05) is 30.3 Å². The summed E-state index contributed by atoms with van der Waals surface area (Å²) in [5.41, 5.74) is -0.259. The lowest BCUT2D eigenvalue weighted by atomic mass is 9.86. The van der Waals surface area contributed by atoms with Crippen molar-refractivity contribution in [2.75, 3.05) is 13.1 Å². The quantitative estimate of drug-likeness (QED) is 0.740. The Balaban J connectivity index is 2.07. The highest BCUT2D eigenvalue weighted by Crippen LogP contribution is 2.37. The second-order valence-electron chi connectivity index (χ2n) is 4.96. The summed E-state index contributed by atoms with van der Waals surface area (Å²) in [7, 11) is 0. The van der Waals surface area contributed by atoms with Gasteiger partial charge < -0.3 is 4.90 Å². The number of halogens is 1. The molecule has 1 aliphatic heterocycles. The number of nitrogens with zero attached hydrogens (tertiary/aromatic N) is 1. The molecular formula is C14H20FN. The Labute approximate surface area is 97.3 Å². The van der Waals surface area contributed by atoms with Gasteiger partial charge in [0.05, 0.1) is 0 Å². The van der Waals surface area contributed by atoms with Crippen LogP contribution in [0.15, 0.2) is 30.3 Å². The number of benzene rings is 1. The van der Waals surface area contributed by atoms with Crippen molar-refractivity contribution in [3.63, 3.8) is 0 Å². The molecule has 2 heteroatoms. The van der Waals surface area contributed by atoms with Gasteiger partial charge in [0.1, 0.15) is 5.67 Å². The predicted octanol–water partition coefficient (Wildman–Crippen LogP) is 3.36. The minimum Gasteiger partial charge on any atom is -0.301 e. The minimum absolute atomic E-state index is 0.528. The molecule has 1 saturated heterocycles. The third kappa shape index (κ3) is 2.27. The zero-order valence-corrected chi connectivity index (χ0v) is 10.1. The molecule has 0 saturated carbocycles. The Hall–Kier alpha value is -0.890. The van der Waals surface area contributed by atoms with Gasteiger partial charge in [0.15, 0.2) is 0 Å². The molecule has 1 aromatic rings. The van der Waals surface area contributed by atoms with Crippen molar-refractivity contribution in [1.29, 1.82) is 0 Å². The highest BCUT2D eigenvalue weighted by atomic mass is 19.1. The molecule has 0 unspecified atom stereocenters. The van der Waals surface area contributed by atoms with Crippen LogP contribution in [0.5, 0.6) is 0 Å². The van der Waals surface area contributed by atoms with E-state index in [0.29, 0.717) is 18.9 Å². The van der Waals surface area contributed by atoms with Crippen molar-refractivity contribution >= 4 is 0 Å². The lowest BCUT2D eigenvalue weighted by Gasteiger charge is -2.38. The van der Waals surface area contributed by atoms with Crippen LogP contribution < -0.4 is 0 Å². The van der Waals surface area contributed by atoms with E-state index in [4.69, 9.17) is 0 Å². The first-order chi connectivity index (χ1) is 7.62. The van der Waals surface area contributed by atoms with Crippen LogP contribution in [-0.2, 0) is 5.67 Å². The van der Waals surface area contributed by atoms with Crippen LogP contribution in [0.25, 0.3) is 0 Å². The summed E-state index contributed by atoms with van der Waals surface area (Å²) >= 11 is 0. The standard InChI is InChI=1S/C14H20FN/c1-12(2)16-10-8-14(15,9-11-16)13-6-4-3-5-7-13/h3-7,12H,8-11H2,1-2H3. The molecule has 0 amide bonds. The second-order valence-corrected chi connectivity index (χ2v) is 4.96. The first kappa shape index (κ1) is 11.6. The normalized spacial score (nSPS) is 21.2. The first-order valence-corrected chi connectivity index (χ1v) is 6.10. The molecule has 1 fully saturated rings. The van der Waals surface area contributed by atoms with Gasteiger partial charge >= 0.3 is 0 Å². The van der Waals surface area contributed by atoms with E-state index >= 15 is 0 Å². The van der Waals surface area contributed by atoms with Crippen LogP contribution in [0.1, 0.15) is 32.3 Å². The Morgan fingerprint density at radius 3 is 2.19 bits per heavy atom. The van der Waals surface area contributed by atoms with Crippen LogP contribution in [0.3, 0.4) is 0 Å². The van der Waals surface area contributed by atoms with Crippen molar-refractivity contribution in [2.45, 2.75) is 38.4 Å². The van der Waals surface area contributed by atoms with Gasteiger partial charge in [0.25, 0.3) is 0 Å². The van der Waals surface area contributed by atoms with E-state index < -0.39 is 5.67 Å². The average molecular weight is 221 g/mol. The highest BCUT2D eigenvalue weighted by molar-refractivity contribution is 5.23. The summed E-state index contributed by atoms with van der Waals surface area (Å²) in [4.78, 5) is 2.35. The summed E-state index contributed by atoms with van der Waals surface area (Å²) in [5.74, 6) is 0. The van der Waals surface area contributed by atoms with E-state index in [-0.39, 0.29) is 0 Å². The van der Waals surface area contributed by atoms with Gasteiger partial charge in [-0.1, -0.05) is 30.3 Å². The molecule has 0 aliphatic carbocycles. The number of hydrogen-bond acceptors (Lipinski definition) is 1. The monoisotopic (exact) mass is 221 g/mol. The molecule has 1 heterocycles. The Morgan fingerprint density at radius 2 is 1.69 bits per heavy atom. The van der Waals surface area contributed by atoms with Crippen LogP contribution in [0.2, 0.25) is 0 Å². The zero-order chi connectivity index (χ0) is 11.6. The van der Waals surface area contributed by atoms with Gasteiger partial charge in [0, 0.05) is 19.1 Å². The van der Waals surface area contributed by atoms with Gasteiger partial charge in [0.2, 0.25) is 0 Å². The van der Waals surface area contributed by atoms with Gasteiger partial charge in [-0.05, 0) is 32.3 Å². The van der Waals surface area contributed by atoms with E-state index in [0.717, 1.165) is 18.7 Å². The first-order valence-electron chi connectivity index (χ1n) is 6.10. The molecule has 0 atom stereocenters. The van der Waals surface area contributed by atoms with E-state index in [1.165, 1.54) is 0 Å². The second kappa shape index (κ2) is 4.54. The largest absolute Gasteiger partial charge is 0.301 e. The maximum atomic E-state index is 14.7. The predicted molar refractivity (Wildman–Crippen MR) is 65.2 cm³/mol. The third-order valence-electron chi connectivity index (χ3n) is 3.61. The molecule has 1 nitrogen and oxygen atoms in total. The fourth-order valence-electron chi connectivity index (χ4n) is 2.42. The highest BCUT2D eigenvalue weighted by Gasteiger charge is 2.36. The van der Waals surface area contributed by atoms with Crippen LogP contribution in [0.4, 0.5) is 4.39 Å².